The lowest BCUT2D eigenvalue weighted by atomic mass is 9.84. The van der Waals surface area contributed by atoms with Crippen molar-refractivity contribution >= 4 is 29.4 Å². The Balaban J connectivity index is 1.31. The van der Waals surface area contributed by atoms with Crippen molar-refractivity contribution in [2.45, 2.75) is 51.2 Å². The number of oxime groups is 1. The number of benzene rings is 2. The van der Waals surface area contributed by atoms with Crippen molar-refractivity contribution in [1.82, 2.24) is 9.88 Å². The highest BCUT2D eigenvalue weighted by atomic mass is 35.5. The molecule has 5 rings (SSSR count). The van der Waals surface area contributed by atoms with Gasteiger partial charge in [-0.1, -0.05) is 47.1 Å². The molecule has 2 aliphatic rings. The number of nitrogens with zero attached hydrogens (tertiary/aromatic N) is 3. The molecule has 0 spiro atoms. The number of aliphatic hydroxyl groups is 1. The highest BCUT2D eigenvalue weighted by Gasteiger charge is 2.33. The summed E-state index contributed by atoms with van der Waals surface area (Å²) in [6, 6.07) is 17.9. The van der Waals surface area contributed by atoms with E-state index in [1.165, 1.54) is 0 Å². The fraction of sp³-hybridized carbons (Fsp3) is 0.344. The number of carbonyl (C=O) groups is 1. The second-order valence-corrected chi connectivity index (χ2v) is 10.9. The predicted molar refractivity (Wildman–Crippen MR) is 156 cm³/mol. The lowest BCUT2D eigenvalue weighted by Crippen LogP contribution is -2.42. The van der Waals surface area contributed by atoms with Crippen LogP contribution in [0.5, 0.6) is 5.75 Å². The first-order valence-corrected chi connectivity index (χ1v) is 14.1. The second-order valence-electron chi connectivity index (χ2n) is 10.4. The zero-order valence-electron chi connectivity index (χ0n) is 22.7. The van der Waals surface area contributed by atoms with Crippen molar-refractivity contribution in [3.8, 4) is 5.75 Å². The molecule has 0 amide bonds. The first kappa shape index (κ1) is 28.0. The van der Waals surface area contributed by atoms with Crippen LogP contribution >= 0.6 is 11.6 Å². The summed E-state index contributed by atoms with van der Waals surface area (Å²) in [6.45, 7) is 5.16. The van der Waals surface area contributed by atoms with Gasteiger partial charge in [0.1, 0.15) is 12.4 Å². The molecule has 0 aliphatic carbocycles. The Bertz CT molecular complexity index is 1400. The number of hydrogen-bond acceptors (Lipinski definition) is 7. The van der Waals surface area contributed by atoms with E-state index in [1.54, 1.807) is 6.20 Å². The molecule has 0 radical (unpaired) electrons. The van der Waals surface area contributed by atoms with Gasteiger partial charge >= 0.3 is 6.47 Å². The van der Waals surface area contributed by atoms with Gasteiger partial charge in [-0.05, 0) is 86.1 Å². The third-order valence-electron chi connectivity index (χ3n) is 7.76. The van der Waals surface area contributed by atoms with E-state index < -0.39 is 5.60 Å². The molecule has 40 heavy (non-hydrogen) atoms. The molecule has 0 atom stereocenters. The van der Waals surface area contributed by atoms with Gasteiger partial charge in [-0.2, -0.15) is 0 Å². The molecule has 208 valence electrons. The number of hydrogen-bond donors (Lipinski definition) is 1. The van der Waals surface area contributed by atoms with Gasteiger partial charge in [0.25, 0.3) is 0 Å². The molecule has 8 heteroatoms. The molecule has 7 nitrogen and oxygen atoms in total. The number of carbonyl (C=O) groups excluding carboxylic acids is 1. The van der Waals surface area contributed by atoms with Gasteiger partial charge in [0.2, 0.25) is 0 Å². The standard InChI is InChI=1S/C32H34ClN3O4/c1-23(35-40-22-37)6-7-24-8-13-31-29(20-24)27(28-4-2-16-34-30(28)21-39-31)5-3-17-36-18-14-32(38,15-19-36)25-9-11-26(33)12-10-25/h2,4-5,8-13,16,20,22,38H,3,6-7,14-15,17-19,21H2,1H3/b27-5+,35-23+. The first-order chi connectivity index (χ1) is 19.4. The molecule has 3 heterocycles. The number of likely N-dealkylation sites (tertiary alicyclic amines) is 1. The SMILES string of the molecule is C/C(CCc1ccc2c(c1)/C(=C/CCN1CCC(O)(c3ccc(Cl)cc3)CC1)c1cccnc1CO2)=N\OC=O. The highest BCUT2D eigenvalue weighted by Crippen LogP contribution is 2.38. The summed E-state index contributed by atoms with van der Waals surface area (Å²) in [7, 11) is 0. The van der Waals surface area contributed by atoms with Gasteiger partial charge in [-0.3, -0.25) is 9.78 Å². The van der Waals surface area contributed by atoms with Crippen LogP contribution in [-0.2, 0) is 28.3 Å². The fourth-order valence-electron chi connectivity index (χ4n) is 5.45. The summed E-state index contributed by atoms with van der Waals surface area (Å²) in [4.78, 5) is 22.0. The number of pyridine rings is 1. The van der Waals surface area contributed by atoms with E-state index >= 15 is 0 Å². The van der Waals surface area contributed by atoms with Crippen LogP contribution in [0.2, 0.25) is 5.02 Å². The normalized spacial score (nSPS) is 17.9. The average Bonchev–Trinajstić information content (AvgIpc) is 3.13. The molecule has 0 saturated carbocycles. The lowest BCUT2D eigenvalue weighted by Gasteiger charge is -2.38. The number of ether oxygens (including phenoxy) is 1. The van der Waals surface area contributed by atoms with E-state index in [9.17, 15) is 9.90 Å². The quantitative estimate of drug-likeness (QED) is 0.152. The van der Waals surface area contributed by atoms with Gasteiger partial charge in [0.05, 0.1) is 17.0 Å². The van der Waals surface area contributed by atoms with Crippen LogP contribution in [0.4, 0.5) is 0 Å². The summed E-state index contributed by atoms with van der Waals surface area (Å²) < 4.78 is 6.18. The Morgan fingerprint density at radius 2 is 1.98 bits per heavy atom. The first-order valence-electron chi connectivity index (χ1n) is 13.7. The molecule has 1 aromatic heterocycles. The zero-order chi connectivity index (χ0) is 28.0. The van der Waals surface area contributed by atoms with E-state index in [0.29, 0.717) is 37.4 Å². The Kier molecular flexibility index (Phi) is 8.94. The van der Waals surface area contributed by atoms with Crippen LogP contribution in [0.25, 0.3) is 5.57 Å². The molecule has 1 saturated heterocycles. The minimum Gasteiger partial charge on any atom is -0.487 e. The largest absolute Gasteiger partial charge is 0.487 e. The smallest absolute Gasteiger partial charge is 0.323 e. The Morgan fingerprint density at radius 1 is 1.18 bits per heavy atom. The van der Waals surface area contributed by atoms with Crippen LogP contribution in [0.3, 0.4) is 0 Å². The maximum atomic E-state index is 11.2. The van der Waals surface area contributed by atoms with E-state index in [0.717, 1.165) is 77.5 Å². The maximum Gasteiger partial charge on any atom is 0.323 e. The van der Waals surface area contributed by atoms with Crippen molar-refractivity contribution in [2.24, 2.45) is 5.16 Å². The third kappa shape index (κ3) is 6.61. The van der Waals surface area contributed by atoms with Gasteiger partial charge in [0.15, 0.2) is 0 Å². The van der Waals surface area contributed by atoms with Crippen LogP contribution < -0.4 is 4.74 Å². The third-order valence-corrected chi connectivity index (χ3v) is 8.02. The van der Waals surface area contributed by atoms with E-state index in [-0.39, 0.29) is 0 Å². The molecule has 1 fully saturated rings. The van der Waals surface area contributed by atoms with Crippen LogP contribution in [0.15, 0.2) is 72.0 Å². The number of halogens is 1. The number of piperidine rings is 1. The zero-order valence-corrected chi connectivity index (χ0v) is 23.4. The van der Waals surface area contributed by atoms with Crippen LogP contribution in [0, 0.1) is 0 Å². The minimum atomic E-state index is -0.805. The molecule has 0 unspecified atom stereocenters. The summed E-state index contributed by atoms with van der Waals surface area (Å²) in [5.41, 5.74) is 6.23. The molecular weight excluding hydrogens is 526 g/mol. The monoisotopic (exact) mass is 559 g/mol. The van der Waals surface area contributed by atoms with Crippen LogP contribution in [0.1, 0.15) is 60.6 Å². The maximum absolute atomic E-state index is 11.2. The number of rotatable bonds is 9. The topological polar surface area (TPSA) is 84.2 Å². The Labute approximate surface area is 240 Å². The highest BCUT2D eigenvalue weighted by molar-refractivity contribution is 6.30. The van der Waals surface area contributed by atoms with Gasteiger partial charge < -0.3 is 19.6 Å². The van der Waals surface area contributed by atoms with E-state index in [2.05, 4.69) is 44.2 Å². The van der Waals surface area contributed by atoms with Gasteiger partial charge in [-0.15, -0.1) is 0 Å². The average molecular weight is 560 g/mol. The van der Waals surface area contributed by atoms with Crippen molar-refractivity contribution in [2.75, 3.05) is 19.6 Å². The number of aryl methyl sites for hydroxylation is 1. The second kappa shape index (κ2) is 12.8. The Hall–Kier alpha value is -3.52. The number of aromatic nitrogens is 1. The van der Waals surface area contributed by atoms with Gasteiger partial charge in [0, 0.05) is 42.0 Å². The van der Waals surface area contributed by atoms with Crippen molar-refractivity contribution in [3.05, 3.63) is 99.8 Å². The van der Waals surface area contributed by atoms with Crippen molar-refractivity contribution in [3.63, 3.8) is 0 Å². The van der Waals surface area contributed by atoms with Crippen molar-refractivity contribution in [1.29, 1.82) is 0 Å². The van der Waals surface area contributed by atoms with E-state index in [1.807, 2.05) is 43.3 Å². The lowest BCUT2D eigenvalue weighted by molar-refractivity contribution is -0.128. The Morgan fingerprint density at radius 3 is 2.75 bits per heavy atom. The molecule has 3 aromatic rings. The van der Waals surface area contributed by atoms with Crippen LogP contribution in [-0.4, -0.2) is 46.8 Å². The summed E-state index contributed by atoms with van der Waals surface area (Å²) in [5.74, 6) is 0.841. The molecular formula is C32H34ClN3O4. The molecule has 1 N–H and O–H groups in total. The van der Waals surface area contributed by atoms with E-state index in [4.69, 9.17) is 16.3 Å². The van der Waals surface area contributed by atoms with Crippen molar-refractivity contribution < 1.29 is 19.5 Å². The molecule has 0 bridgehead atoms. The fourth-order valence-corrected chi connectivity index (χ4v) is 5.57. The molecule has 2 aliphatic heterocycles. The minimum absolute atomic E-state index is 0.329. The predicted octanol–water partition coefficient (Wildman–Crippen LogP) is 5.91. The molecule has 2 aromatic carbocycles. The summed E-state index contributed by atoms with van der Waals surface area (Å²) in [6.07, 6.45) is 7.80. The van der Waals surface area contributed by atoms with Gasteiger partial charge in [-0.25, -0.2) is 0 Å². The summed E-state index contributed by atoms with van der Waals surface area (Å²) in [5, 5.41) is 15.7. The summed E-state index contributed by atoms with van der Waals surface area (Å²) >= 11 is 6.04. The number of fused-ring (bicyclic) bond motifs is 2.